The standard InChI is InChI=1S/C25H44FNO/c1-7-8-16-27(18-15-21(2)3)17-11-9-10-12-19-28-24-14-13-22(26)20-23(24)25(4,5)6/h13-14,20-21H,7-12,15-19H2,1-6H3. The fraction of sp³-hybridized carbons (Fsp3) is 0.760. The molecule has 1 rings (SSSR count). The van der Waals surface area contributed by atoms with Crippen LogP contribution in [0.4, 0.5) is 4.39 Å². The predicted molar refractivity (Wildman–Crippen MR) is 120 cm³/mol. The minimum Gasteiger partial charge on any atom is -0.493 e. The minimum absolute atomic E-state index is 0.116. The van der Waals surface area contributed by atoms with Gasteiger partial charge in [0.15, 0.2) is 0 Å². The second-order valence-electron chi connectivity index (χ2n) is 9.53. The molecule has 0 aliphatic carbocycles. The van der Waals surface area contributed by atoms with E-state index in [0.29, 0.717) is 6.61 Å². The van der Waals surface area contributed by atoms with E-state index in [-0.39, 0.29) is 11.2 Å². The lowest BCUT2D eigenvalue weighted by atomic mass is 9.86. The van der Waals surface area contributed by atoms with Gasteiger partial charge in [0.25, 0.3) is 0 Å². The van der Waals surface area contributed by atoms with Gasteiger partial charge >= 0.3 is 0 Å². The first kappa shape index (κ1) is 24.9. The molecule has 0 spiro atoms. The monoisotopic (exact) mass is 393 g/mol. The second-order valence-corrected chi connectivity index (χ2v) is 9.53. The molecule has 0 aliphatic rings. The van der Waals surface area contributed by atoms with Gasteiger partial charge in [-0.15, -0.1) is 0 Å². The lowest BCUT2D eigenvalue weighted by Crippen LogP contribution is -2.28. The SMILES string of the molecule is CCCCN(CCCCCCOc1ccc(F)cc1C(C)(C)C)CCC(C)C. The molecule has 28 heavy (non-hydrogen) atoms. The maximum Gasteiger partial charge on any atom is 0.123 e. The van der Waals surface area contributed by atoms with Crippen LogP contribution in [-0.4, -0.2) is 31.1 Å². The summed E-state index contributed by atoms with van der Waals surface area (Å²) in [6, 6.07) is 4.88. The summed E-state index contributed by atoms with van der Waals surface area (Å²) in [7, 11) is 0. The van der Waals surface area contributed by atoms with Crippen LogP contribution in [0.1, 0.15) is 92.1 Å². The Hall–Kier alpha value is -1.09. The van der Waals surface area contributed by atoms with Crippen LogP contribution in [0.5, 0.6) is 5.75 Å². The number of nitrogens with zero attached hydrogens (tertiary/aromatic N) is 1. The fourth-order valence-electron chi connectivity index (χ4n) is 3.35. The van der Waals surface area contributed by atoms with Gasteiger partial charge in [0.1, 0.15) is 11.6 Å². The number of hydrogen-bond donors (Lipinski definition) is 0. The Labute approximate surface area is 173 Å². The third-order valence-corrected chi connectivity index (χ3v) is 5.23. The summed E-state index contributed by atoms with van der Waals surface area (Å²) in [4.78, 5) is 2.65. The zero-order chi connectivity index (χ0) is 21.0. The van der Waals surface area contributed by atoms with Gasteiger partial charge in [-0.3, -0.25) is 0 Å². The summed E-state index contributed by atoms with van der Waals surface area (Å²) in [5, 5.41) is 0. The number of ether oxygens (including phenoxy) is 1. The Kier molecular flexibility index (Phi) is 11.8. The number of hydrogen-bond acceptors (Lipinski definition) is 2. The van der Waals surface area contributed by atoms with Crippen molar-refractivity contribution in [2.45, 2.75) is 91.9 Å². The first-order chi connectivity index (χ1) is 13.2. The number of benzene rings is 1. The van der Waals surface area contributed by atoms with Crippen molar-refractivity contribution in [3.8, 4) is 5.75 Å². The lowest BCUT2D eigenvalue weighted by molar-refractivity contribution is 0.245. The Morgan fingerprint density at radius 2 is 1.64 bits per heavy atom. The third kappa shape index (κ3) is 10.5. The summed E-state index contributed by atoms with van der Waals surface area (Å²) >= 11 is 0. The fourth-order valence-corrected chi connectivity index (χ4v) is 3.35. The largest absolute Gasteiger partial charge is 0.493 e. The summed E-state index contributed by atoms with van der Waals surface area (Å²) in [5.41, 5.74) is 0.833. The molecule has 0 heterocycles. The number of rotatable bonds is 14. The quantitative estimate of drug-likeness (QED) is 0.310. The summed E-state index contributed by atoms with van der Waals surface area (Å²) in [5.74, 6) is 1.42. The van der Waals surface area contributed by atoms with Gasteiger partial charge in [-0.25, -0.2) is 4.39 Å². The zero-order valence-electron chi connectivity index (χ0n) is 19.3. The van der Waals surface area contributed by atoms with Crippen LogP contribution < -0.4 is 4.74 Å². The van der Waals surface area contributed by atoms with Gasteiger partial charge in [-0.05, 0) is 74.8 Å². The Bertz CT molecular complexity index is 536. The molecule has 3 heteroatoms. The van der Waals surface area contributed by atoms with Gasteiger partial charge in [-0.2, -0.15) is 0 Å². The molecule has 0 saturated heterocycles. The molecule has 0 radical (unpaired) electrons. The highest BCUT2D eigenvalue weighted by atomic mass is 19.1. The normalized spacial score (nSPS) is 12.2. The molecule has 0 amide bonds. The van der Waals surface area contributed by atoms with E-state index in [0.717, 1.165) is 23.7 Å². The number of unbranched alkanes of at least 4 members (excludes halogenated alkanes) is 4. The lowest BCUT2D eigenvalue weighted by Gasteiger charge is -2.23. The molecule has 0 saturated carbocycles. The maximum absolute atomic E-state index is 13.6. The highest BCUT2D eigenvalue weighted by Crippen LogP contribution is 2.32. The van der Waals surface area contributed by atoms with E-state index >= 15 is 0 Å². The molecule has 0 N–H and O–H groups in total. The van der Waals surface area contributed by atoms with Crippen molar-refractivity contribution in [3.63, 3.8) is 0 Å². The summed E-state index contributed by atoms with van der Waals surface area (Å²) in [6.07, 6.45) is 8.65. The smallest absolute Gasteiger partial charge is 0.123 e. The Morgan fingerprint density at radius 1 is 0.964 bits per heavy atom. The van der Waals surface area contributed by atoms with Crippen LogP contribution in [0.2, 0.25) is 0 Å². The number of halogens is 1. The van der Waals surface area contributed by atoms with E-state index in [4.69, 9.17) is 4.74 Å². The van der Waals surface area contributed by atoms with Gasteiger partial charge < -0.3 is 9.64 Å². The van der Waals surface area contributed by atoms with E-state index in [2.05, 4.69) is 46.4 Å². The summed E-state index contributed by atoms with van der Waals surface area (Å²) < 4.78 is 19.6. The molecule has 0 atom stereocenters. The molecule has 2 nitrogen and oxygen atoms in total. The molecule has 0 unspecified atom stereocenters. The van der Waals surface area contributed by atoms with Gasteiger partial charge in [0.05, 0.1) is 6.61 Å². The molecule has 0 aliphatic heterocycles. The summed E-state index contributed by atoms with van der Waals surface area (Å²) in [6.45, 7) is 17.6. The second kappa shape index (κ2) is 13.2. The highest BCUT2D eigenvalue weighted by Gasteiger charge is 2.19. The first-order valence-corrected chi connectivity index (χ1v) is 11.4. The van der Waals surface area contributed by atoms with Crippen LogP contribution in [0.3, 0.4) is 0 Å². The topological polar surface area (TPSA) is 12.5 Å². The van der Waals surface area contributed by atoms with E-state index in [9.17, 15) is 4.39 Å². The van der Waals surface area contributed by atoms with Crippen molar-refractivity contribution in [3.05, 3.63) is 29.6 Å². The average molecular weight is 394 g/mol. The van der Waals surface area contributed by atoms with E-state index < -0.39 is 0 Å². The van der Waals surface area contributed by atoms with Crippen LogP contribution in [0.15, 0.2) is 18.2 Å². The van der Waals surface area contributed by atoms with Crippen molar-refractivity contribution in [2.75, 3.05) is 26.2 Å². The van der Waals surface area contributed by atoms with E-state index in [1.165, 1.54) is 64.2 Å². The molecule has 162 valence electrons. The van der Waals surface area contributed by atoms with Crippen LogP contribution in [0.25, 0.3) is 0 Å². The molecule has 0 aromatic heterocycles. The van der Waals surface area contributed by atoms with Gasteiger partial charge in [-0.1, -0.05) is 60.8 Å². The minimum atomic E-state index is -0.192. The van der Waals surface area contributed by atoms with E-state index in [1.54, 1.807) is 12.1 Å². The molecule has 1 aromatic rings. The average Bonchev–Trinajstić information content (AvgIpc) is 2.62. The molecule has 1 aromatic carbocycles. The predicted octanol–water partition coefficient (Wildman–Crippen LogP) is 7.21. The van der Waals surface area contributed by atoms with Gasteiger partial charge in [0, 0.05) is 5.56 Å². The zero-order valence-corrected chi connectivity index (χ0v) is 19.3. The van der Waals surface area contributed by atoms with Crippen molar-refractivity contribution < 1.29 is 9.13 Å². The van der Waals surface area contributed by atoms with Crippen molar-refractivity contribution in [2.24, 2.45) is 5.92 Å². The maximum atomic E-state index is 13.6. The first-order valence-electron chi connectivity index (χ1n) is 11.4. The molecular formula is C25H44FNO. The van der Waals surface area contributed by atoms with Crippen molar-refractivity contribution >= 4 is 0 Å². The molecule has 0 bridgehead atoms. The third-order valence-electron chi connectivity index (χ3n) is 5.23. The van der Waals surface area contributed by atoms with Crippen molar-refractivity contribution in [1.82, 2.24) is 4.90 Å². The molecule has 0 fully saturated rings. The van der Waals surface area contributed by atoms with Gasteiger partial charge in [0.2, 0.25) is 0 Å². The Balaban J connectivity index is 2.28. The van der Waals surface area contributed by atoms with Crippen LogP contribution >= 0.6 is 0 Å². The highest BCUT2D eigenvalue weighted by molar-refractivity contribution is 5.38. The van der Waals surface area contributed by atoms with Crippen molar-refractivity contribution in [1.29, 1.82) is 0 Å². The van der Waals surface area contributed by atoms with E-state index in [1.807, 2.05) is 0 Å². The molecular weight excluding hydrogens is 349 g/mol. The van der Waals surface area contributed by atoms with Crippen LogP contribution in [0, 0.1) is 11.7 Å². The van der Waals surface area contributed by atoms with Crippen LogP contribution in [-0.2, 0) is 5.41 Å². The Morgan fingerprint density at radius 3 is 2.29 bits per heavy atom.